The molecule has 0 bridgehead atoms. The van der Waals surface area contributed by atoms with Crippen LogP contribution in [-0.2, 0) is 0 Å². The van der Waals surface area contributed by atoms with Crippen LogP contribution in [0.15, 0.2) is 30.5 Å². The summed E-state index contributed by atoms with van der Waals surface area (Å²) in [6.45, 7) is 2.49. The average molecular weight is 364 g/mol. The maximum Gasteiger partial charge on any atom is 0.273 e. The van der Waals surface area contributed by atoms with E-state index in [1.54, 1.807) is 10.9 Å². The predicted molar refractivity (Wildman–Crippen MR) is 100 cm³/mol. The number of amides is 1. The topological polar surface area (TPSA) is 85.8 Å². The van der Waals surface area contributed by atoms with Crippen molar-refractivity contribution in [2.45, 2.75) is 45.1 Å². The van der Waals surface area contributed by atoms with Gasteiger partial charge >= 0.3 is 0 Å². The maximum absolute atomic E-state index is 12.5. The molecule has 1 unspecified atom stereocenters. The molecule has 0 saturated heterocycles. The first-order valence-electron chi connectivity index (χ1n) is 8.67. The van der Waals surface area contributed by atoms with E-state index in [4.69, 9.17) is 5.73 Å². The largest absolute Gasteiger partial charge is 0.346 e. The van der Waals surface area contributed by atoms with E-state index in [0.717, 1.165) is 18.5 Å². The number of nitrogens with two attached hydrogens (primary N) is 1. The number of carbonyl (C=O) groups excluding carboxylic acids is 1. The summed E-state index contributed by atoms with van der Waals surface area (Å²) in [5.74, 6) is 0.272. The Morgan fingerprint density at radius 2 is 1.96 bits per heavy atom. The smallest absolute Gasteiger partial charge is 0.273 e. The standard InChI is InChI=1S/C18H25N5O.ClH/c1-13-7-9-15(10-8-13)23-12-17(21-22-23)18(24)20-16(11-19)14-5-3-2-4-6-14;/h7-10,12,14,16H,2-6,11,19H2,1H3,(H,20,24);1H. The first-order chi connectivity index (χ1) is 11.7. The molecule has 1 aromatic carbocycles. The van der Waals surface area contributed by atoms with E-state index in [1.165, 1.54) is 24.8 Å². The third kappa shape index (κ3) is 4.80. The highest BCUT2D eigenvalue weighted by atomic mass is 35.5. The minimum atomic E-state index is -0.200. The molecule has 1 aliphatic rings. The molecular formula is C18H26ClN5O. The van der Waals surface area contributed by atoms with Crippen LogP contribution in [0.25, 0.3) is 5.69 Å². The van der Waals surface area contributed by atoms with Gasteiger partial charge in [0, 0.05) is 12.6 Å². The zero-order valence-corrected chi connectivity index (χ0v) is 15.3. The molecular weight excluding hydrogens is 338 g/mol. The molecule has 1 atom stereocenters. The Labute approximate surface area is 154 Å². The second-order valence-corrected chi connectivity index (χ2v) is 6.60. The van der Waals surface area contributed by atoms with Crippen molar-refractivity contribution in [3.63, 3.8) is 0 Å². The molecule has 1 heterocycles. The molecule has 7 heteroatoms. The summed E-state index contributed by atoms with van der Waals surface area (Å²) in [7, 11) is 0. The summed E-state index contributed by atoms with van der Waals surface area (Å²) in [4.78, 5) is 12.5. The maximum atomic E-state index is 12.5. The van der Waals surface area contributed by atoms with Gasteiger partial charge in [0.1, 0.15) is 0 Å². The average Bonchev–Trinajstić information content (AvgIpc) is 3.11. The molecule has 1 amide bonds. The normalized spacial score (nSPS) is 16.1. The van der Waals surface area contributed by atoms with E-state index in [-0.39, 0.29) is 24.4 Å². The zero-order chi connectivity index (χ0) is 16.9. The fourth-order valence-corrected chi connectivity index (χ4v) is 3.34. The van der Waals surface area contributed by atoms with E-state index in [0.29, 0.717) is 18.2 Å². The highest BCUT2D eigenvalue weighted by Gasteiger charge is 2.25. The van der Waals surface area contributed by atoms with Crippen LogP contribution in [0.2, 0.25) is 0 Å². The molecule has 2 aromatic rings. The van der Waals surface area contributed by atoms with E-state index in [9.17, 15) is 4.79 Å². The molecule has 136 valence electrons. The van der Waals surface area contributed by atoms with Gasteiger partial charge in [-0.1, -0.05) is 42.2 Å². The van der Waals surface area contributed by atoms with Crippen LogP contribution in [0.1, 0.15) is 48.2 Å². The molecule has 1 aliphatic carbocycles. The van der Waals surface area contributed by atoms with Gasteiger partial charge in [-0.2, -0.15) is 0 Å². The number of halogens is 1. The van der Waals surface area contributed by atoms with Crippen molar-refractivity contribution < 1.29 is 4.79 Å². The molecule has 0 aliphatic heterocycles. The van der Waals surface area contributed by atoms with Gasteiger partial charge < -0.3 is 11.1 Å². The zero-order valence-electron chi connectivity index (χ0n) is 14.5. The monoisotopic (exact) mass is 363 g/mol. The van der Waals surface area contributed by atoms with Crippen LogP contribution in [0, 0.1) is 12.8 Å². The Bertz CT molecular complexity index is 679. The molecule has 0 radical (unpaired) electrons. The summed E-state index contributed by atoms with van der Waals surface area (Å²) < 4.78 is 1.62. The molecule has 0 spiro atoms. The van der Waals surface area contributed by atoms with Crippen LogP contribution in [0.5, 0.6) is 0 Å². The number of aromatic nitrogens is 3. The quantitative estimate of drug-likeness (QED) is 0.855. The lowest BCUT2D eigenvalue weighted by molar-refractivity contribution is 0.0910. The van der Waals surface area contributed by atoms with Crippen molar-refractivity contribution in [1.29, 1.82) is 0 Å². The van der Waals surface area contributed by atoms with Crippen LogP contribution < -0.4 is 11.1 Å². The second kappa shape index (κ2) is 8.97. The fraction of sp³-hybridized carbons (Fsp3) is 0.500. The number of benzene rings is 1. The Hall–Kier alpha value is -1.92. The highest BCUT2D eigenvalue weighted by Crippen LogP contribution is 2.26. The van der Waals surface area contributed by atoms with Crippen LogP contribution >= 0.6 is 12.4 Å². The summed E-state index contributed by atoms with van der Waals surface area (Å²) in [5.41, 5.74) is 8.27. The number of hydrogen-bond donors (Lipinski definition) is 2. The molecule has 1 fully saturated rings. The minimum Gasteiger partial charge on any atom is -0.346 e. The van der Waals surface area contributed by atoms with Crippen LogP contribution in [-0.4, -0.2) is 33.5 Å². The minimum absolute atomic E-state index is 0. The Kier molecular flexibility index (Phi) is 6.96. The van der Waals surface area contributed by atoms with E-state index in [1.807, 2.05) is 31.2 Å². The Morgan fingerprint density at radius 3 is 2.60 bits per heavy atom. The lowest BCUT2D eigenvalue weighted by atomic mass is 9.84. The van der Waals surface area contributed by atoms with Gasteiger partial charge in [0.2, 0.25) is 0 Å². The number of carbonyl (C=O) groups is 1. The molecule has 1 saturated carbocycles. The van der Waals surface area contributed by atoms with Crippen molar-refractivity contribution in [1.82, 2.24) is 20.3 Å². The first kappa shape index (κ1) is 19.4. The molecule has 1 aromatic heterocycles. The van der Waals surface area contributed by atoms with Crippen molar-refractivity contribution in [2.75, 3.05) is 6.54 Å². The molecule has 3 rings (SSSR count). The lowest BCUT2D eigenvalue weighted by Gasteiger charge is -2.29. The number of aryl methyl sites for hydroxylation is 1. The van der Waals surface area contributed by atoms with Gasteiger partial charge in [0.25, 0.3) is 5.91 Å². The second-order valence-electron chi connectivity index (χ2n) is 6.60. The number of rotatable bonds is 5. The number of nitrogens with one attached hydrogen (secondary N) is 1. The van der Waals surface area contributed by atoms with Gasteiger partial charge in [-0.25, -0.2) is 4.68 Å². The van der Waals surface area contributed by atoms with Crippen LogP contribution in [0.3, 0.4) is 0 Å². The first-order valence-corrected chi connectivity index (χ1v) is 8.67. The molecule has 25 heavy (non-hydrogen) atoms. The Balaban J connectivity index is 0.00000225. The van der Waals surface area contributed by atoms with Crippen LogP contribution in [0.4, 0.5) is 0 Å². The fourth-order valence-electron chi connectivity index (χ4n) is 3.34. The van der Waals surface area contributed by atoms with Gasteiger partial charge in [0.05, 0.1) is 11.9 Å². The van der Waals surface area contributed by atoms with Gasteiger partial charge in [-0.05, 0) is 37.8 Å². The molecule has 3 N–H and O–H groups in total. The van der Waals surface area contributed by atoms with Crippen molar-refractivity contribution >= 4 is 18.3 Å². The van der Waals surface area contributed by atoms with Crippen molar-refractivity contribution in [2.24, 2.45) is 11.7 Å². The third-order valence-corrected chi connectivity index (χ3v) is 4.81. The summed E-state index contributed by atoms with van der Waals surface area (Å²) in [5, 5.41) is 11.1. The summed E-state index contributed by atoms with van der Waals surface area (Å²) in [6.07, 6.45) is 7.67. The van der Waals surface area contributed by atoms with Gasteiger partial charge in [-0.15, -0.1) is 17.5 Å². The number of hydrogen-bond acceptors (Lipinski definition) is 4. The van der Waals surface area contributed by atoms with E-state index < -0.39 is 0 Å². The Morgan fingerprint density at radius 1 is 1.28 bits per heavy atom. The van der Waals surface area contributed by atoms with Gasteiger partial charge in [0.15, 0.2) is 5.69 Å². The summed E-state index contributed by atoms with van der Waals surface area (Å²) >= 11 is 0. The van der Waals surface area contributed by atoms with E-state index in [2.05, 4.69) is 15.6 Å². The van der Waals surface area contributed by atoms with Crippen molar-refractivity contribution in [3.05, 3.63) is 41.7 Å². The van der Waals surface area contributed by atoms with Crippen molar-refractivity contribution in [3.8, 4) is 5.69 Å². The summed E-state index contributed by atoms with van der Waals surface area (Å²) in [6, 6.07) is 7.93. The van der Waals surface area contributed by atoms with Gasteiger partial charge in [-0.3, -0.25) is 4.79 Å². The predicted octanol–water partition coefficient (Wildman–Crippen LogP) is 2.63. The van der Waals surface area contributed by atoms with E-state index >= 15 is 0 Å². The SMILES string of the molecule is Cc1ccc(-n2cc(C(=O)NC(CN)C3CCCCC3)nn2)cc1.Cl. The lowest BCUT2D eigenvalue weighted by Crippen LogP contribution is -2.46. The molecule has 6 nitrogen and oxygen atoms in total. The highest BCUT2D eigenvalue weighted by molar-refractivity contribution is 5.92. The third-order valence-electron chi connectivity index (χ3n) is 4.81. The number of nitrogens with zero attached hydrogens (tertiary/aromatic N) is 3.